The van der Waals surface area contributed by atoms with Crippen LogP contribution in [0.3, 0.4) is 0 Å². The summed E-state index contributed by atoms with van der Waals surface area (Å²) in [5.74, 6) is -0.844. The summed E-state index contributed by atoms with van der Waals surface area (Å²) >= 11 is 0. The number of fused-ring (bicyclic) bond motifs is 4. The first kappa shape index (κ1) is 15.8. The number of ketones is 1. The van der Waals surface area contributed by atoms with Gasteiger partial charge in [0.15, 0.2) is 28.8 Å². The van der Waals surface area contributed by atoms with Gasteiger partial charge in [0.2, 0.25) is 13.6 Å². The second kappa shape index (κ2) is 5.17. The van der Waals surface area contributed by atoms with Gasteiger partial charge < -0.3 is 28.8 Å². The quantitative estimate of drug-likeness (QED) is 0.738. The van der Waals surface area contributed by atoms with E-state index in [1.807, 2.05) is 0 Å². The van der Waals surface area contributed by atoms with Crippen LogP contribution in [0.4, 0.5) is 0 Å². The fourth-order valence-corrected chi connectivity index (χ4v) is 4.51. The van der Waals surface area contributed by atoms with Crippen LogP contribution in [-0.4, -0.2) is 37.1 Å². The summed E-state index contributed by atoms with van der Waals surface area (Å²) < 4.78 is 26.8. The van der Waals surface area contributed by atoms with Crippen molar-refractivity contribution in [2.75, 3.05) is 20.2 Å². The van der Waals surface area contributed by atoms with Crippen molar-refractivity contribution in [3.8, 4) is 23.0 Å². The number of hydrogen-bond donors (Lipinski definition) is 1. The molecule has 3 heterocycles. The standard InChI is InChI=1S/C20H14O8/c21-18-10-4-15-16(28-8-27-15)5-12(10)20(23,17-11(18)6-24-19(17)22)9-1-2-13-14(3-9)26-7-25-13/h1-5,11,17,23H,6-8H2/t11-,17-,20+/m1/s1. The molecule has 0 aromatic heterocycles. The van der Waals surface area contributed by atoms with Crippen molar-refractivity contribution in [2.24, 2.45) is 11.8 Å². The zero-order chi connectivity index (χ0) is 19.0. The van der Waals surface area contributed by atoms with Gasteiger partial charge in [0.25, 0.3) is 0 Å². The van der Waals surface area contributed by atoms with Crippen molar-refractivity contribution in [1.82, 2.24) is 0 Å². The number of rotatable bonds is 1. The molecule has 8 heteroatoms. The molecular formula is C20H14O8. The fourth-order valence-electron chi connectivity index (χ4n) is 4.51. The Labute approximate surface area is 158 Å². The first-order valence-electron chi connectivity index (χ1n) is 8.85. The third-order valence-electron chi connectivity index (χ3n) is 5.85. The average Bonchev–Trinajstić information content (AvgIpc) is 3.43. The molecule has 28 heavy (non-hydrogen) atoms. The Morgan fingerprint density at radius 3 is 2.32 bits per heavy atom. The maximum absolute atomic E-state index is 13.1. The molecule has 0 radical (unpaired) electrons. The monoisotopic (exact) mass is 382 g/mol. The van der Waals surface area contributed by atoms with E-state index in [-0.39, 0.29) is 26.0 Å². The molecule has 8 nitrogen and oxygen atoms in total. The zero-order valence-corrected chi connectivity index (χ0v) is 14.5. The molecule has 1 saturated heterocycles. The molecule has 0 spiro atoms. The largest absolute Gasteiger partial charge is 0.465 e. The van der Waals surface area contributed by atoms with E-state index in [1.165, 1.54) is 0 Å². The lowest BCUT2D eigenvalue weighted by Crippen LogP contribution is -2.49. The van der Waals surface area contributed by atoms with Gasteiger partial charge in [-0.2, -0.15) is 0 Å². The summed E-state index contributed by atoms with van der Waals surface area (Å²) in [6.45, 7) is 0.0475. The van der Waals surface area contributed by atoms with Crippen LogP contribution in [-0.2, 0) is 15.1 Å². The fraction of sp³-hybridized carbons (Fsp3) is 0.300. The molecule has 3 aliphatic heterocycles. The minimum absolute atomic E-state index is 0.0315. The molecule has 2 aromatic carbocycles. The minimum Gasteiger partial charge on any atom is -0.465 e. The van der Waals surface area contributed by atoms with Crippen LogP contribution >= 0.6 is 0 Å². The summed E-state index contributed by atoms with van der Waals surface area (Å²) in [6, 6.07) is 8.11. The van der Waals surface area contributed by atoms with Crippen LogP contribution in [0, 0.1) is 11.8 Å². The Morgan fingerprint density at radius 2 is 1.54 bits per heavy atom. The number of carbonyl (C=O) groups excluding carboxylic acids is 2. The Hall–Kier alpha value is -3.26. The average molecular weight is 382 g/mol. The van der Waals surface area contributed by atoms with Gasteiger partial charge in [0, 0.05) is 11.1 Å². The number of hydrogen-bond acceptors (Lipinski definition) is 8. The SMILES string of the molecule is O=C1c2cc3c(cc2[C@@](O)(c2ccc4c(c2)OCO4)[C@H]2C(=O)OC[C@@H]12)OCO3. The molecule has 3 atom stereocenters. The van der Waals surface area contributed by atoms with E-state index >= 15 is 0 Å². The van der Waals surface area contributed by atoms with Gasteiger partial charge >= 0.3 is 5.97 Å². The maximum atomic E-state index is 13.1. The molecular weight excluding hydrogens is 368 g/mol. The van der Waals surface area contributed by atoms with Crippen molar-refractivity contribution < 1.29 is 38.4 Å². The molecule has 4 aliphatic rings. The molecule has 142 valence electrons. The van der Waals surface area contributed by atoms with E-state index < -0.39 is 23.4 Å². The van der Waals surface area contributed by atoms with E-state index in [4.69, 9.17) is 23.7 Å². The molecule has 1 aliphatic carbocycles. The summed E-state index contributed by atoms with van der Waals surface area (Å²) in [7, 11) is 0. The molecule has 1 N–H and O–H groups in total. The number of esters is 1. The van der Waals surface area contributed by atoms with Crippen molar-refractivity contribution in [2.45, 2.75) is 5.60 Å². The number of ether oxygens (including phenoxy) is 5. The number of cyclic esters (lactones) is 1. The molecule has 0 saturated carbocycles. The molecule has 6 rings (SSSR count). The van der Waals surface area contributed by atoms with E-state index in [9.17, 15) is 14.7 Å². The van der Waals surface area contributed by atoms with Gasteiger partial charge in [-0.25, -0.2) is 0 Å². The molecule has 0 amide bonds. The highest BCUT2D eigenvalue weighted by Crippen LogP contribution is 2.53. The van der Waals surface area contributed by atoms with Crippen molar-refractivity contribution in [3.05, 3.63) is 47.0 Å². The highest BCUT2D eigenvalue weighted by Gasteiger charge is 2.60. The van der Waals surface area contributed by atoms with Crippen molar-refractivity contribution in [3.63, 3.8) is 0 Å². The Balaban J connectivity index is 1.63. The Kier molecular flexibility index (Phi) is 2.91. The van der Waals surface area contributed by atoms with Crippen LogP contribution < -0.4 is 18.9 Å². The highest BCUT2D eigenvalue weighted by atomic mass is 16.7. The van der Waals surface area contributed by atoms with E-state index in [1.54, 1.807) is 30.3 Å². The van der Waals surface area contributed by atoms with Gasteiger partial charge in [-0.1, -0.05) is 6.07 Å². The minimum atomic E-state index is -1.79. The summed E-state index contributed by atoms with van der Waals surface area (Å²) in [6.07, 6.45) is 0. The van der Waals surface area contributed by atoms with Crippen LogP contribution in [0.5, 0.6) is 23.0 Å². The summed E-state index contributed by atoms with van der Waals surface area (Å²) in [5.41, 5.74) is -0.786. The molecule has 0 bridgehead atoms. The van der Waals surface area contributed by atoms with Crippen LogP contribution in [0.2, 0.25) is 0 Å². The Bertz CT molecular complexity index is 1060. The predicted octanol–water partition coefficient (Wildman–Crippen LogP) is 1.37. The van der Waals surface area contributed by atoms with Gasteiger partial charge in [-0.15, -0.1) is 0 Å². The van der Waals surface area contributed by atoms with Gasteiger partial charge in [-0.05, 0) is 29.8 Å². The van der Waals surface area contributed by atoms with Gasteiger partial charge in [0.1, 0.15) is 18.1 Å². The maximum Gasteiger partial charge on any atom is 0.313 e. The second-order valence-corrected chi connectivity index (χ2v) is 7.16. The number of carbonyl (C=O) groups is 2. The van der Waals surface area contributed by atoms with Gasteiger partial charge in [0.05, 0.1) is 5.92 Å². The topological polar surface area (TPSA) is 101 Å². The second-order valence-electron chi connectivity index (χ2n) is 7.16. The number of Topliss-reactive ketones (excluding diaryl/α,β-unsaturated/α-hetero) is 1. The lowest BCUT2D eigenvalue weighted by atomic mass is 9.63. The lowest BCUT2D eigenvalue weighted by Gasteiger charge is -2.40. The van der Waals surface area contributed by atoms with Crippen LogP contribution in [0.1, 0.15) is 21.5 Å². The van der Waals surface area contributed by atoms with E-state index in [0.717, 1.165) is 0 Å². The molecule has 2 aromatic rings. The van der Waals surface area contributed by atoms with Crippen molar-refractivity contribution >= 4 is 11.8 Å². The normalized spacial score (nSPS) is 28.8. The first-order chi connectivity index (χ1) is 13.6. The highest BCUT2D eigenvalue weighted by molar-refractivity contribution is 6.06. The van der Waals surface area contributed by atoms with E-state index in [0.29, 0.717) is 39.7 Å². The zero-order valence-electron chi connectivity index (χ0n) is 14.5. The van der Waals surface area contributed by atoms with E-state index in [2.05, 4.69) is 0 Å². The number of aliphatic hydroxyl groups is 1. The summed E-state index contributed by atoms with van der Waals surface area (Å²) in [5, 5.41) is 12.0. The smallest absolute Gasteiger partial charge is 0.313 e. The molecule has 1 fully saturated rings. The Morgan fingerprint density at radius 1 is 0.857 bits per heavy atom. The predicted molar refractivity (Wildman–Crippen MR) is 90.4 cm³/mol. The summed E-state index contributed by atoms with van der Waals surface area (Å²) in [4.78, 5) is 25.6. The number of benzene rings is 2. The lowest BCUT2D eigenvalue weighted by molar-refractivity contribution is -0.147. The molecule has 0 unspecified atom stereocenters. The van der Waals surface area contributed by atoms with Crippen LogP contribution in [0.25, 0.3) is 0 Å². The van der Waals surface area contributed by atoms with Crippen molar-refractivity contribution in [1.29, 1.82) is 0 Å². The third kappa shape index (κ3) is 1.83. The first-order valence-corrected chi connectivity index (χ1v) is 8.85. The third-order valence-corrected chi connectivity index (χ3v) is 5.85. The van der Waals surface area contributed by atoms with Crippen LogP contribution in [0.15, 0.2) is 30.3 Å². The van der Waals surface area contributed by atoms with Gasteiger partial charge in [-0.3, -0.25) is 9.59 Å².